The molecule has 0 radical (unpaired) electrons. The second-order valence-corrected chi connectivity index (χ2v) is 3.42. The van der Waals surface area contributed by atoms with Crippen molar-refractivity contribution in [1.29, 1.82) is 0 Å². The maximum atomic E-state index is 11.4. The maximum absolute atomic E-state index is 11.4. The first-order chi connectivity index (χ1) is 6.97. The Labute approximate surface area is 123 Å². The van der Waals surface area contributed by atoms with E-state index in [9.17, 15) is 24.6 Å². The molecule has 0 aromatic rings. The number of ketones is 2. The number of carboxylic acid groups (broad SMARTS) is 1. The van der Waals surface area contributed by atoms with Crippen LogP contribution in [0.4, 0.5) is 0 Å². The molecule has 82 valence electrons. The van der Waals surface area contributed by atoms with Gasteiger partial charge in [0.1, 0.15) is 0 Å². The molecule has 0 spiro atoms. The van der Waals surface area contributed by atoms with Gasteiger partial charge in [0, 0.05) is 30.3 Å². The molecule has 1 aliphatic rings. The molecule has 1 atom stereocenters. The van der Waals surface area contributed by atoms with Crippen molar-refractivity contribution < 1.29 is 24.6 Å². The Hall–Kier alpha value is -0.390. The van der Waals surface area contributed by atoms with E-state index in [-0.39, 0.29) is 62.6 Å². The molecule has 0 bridgehead atoms. The van der Waals surface area contributed by atoms with E-state index < -0.39 is 29.2 Å². The zero-order valence-electron chi connectivity index (χ0n) is 8.95. The van der Waals surface area contributed by atoms with Crippen molar-refractivity contribution in [2.45, 2.75) is 26.2 Å². The van der Waals surface area contributed by atoms with Crippen LogP contribution in [0.3, 0.4) is 0 Å². The van der Waals surface area contributed by atoms with Crippen LogP contribution in [0.5, 0.6) is 0 Å². The van der Waals surface area contributed by atoms with E-state index in [1.165, 1.54) is 0 Å². The predicted octanol–water partition coefficient (Wildman–Crippen LogP) is -2.07. The zero-order chi connectivity index (χ0) is 11.6. The zero-order valence-corrected chi connectivity index (χ0v) is 11.2. The van der Waals surface area contributed by atoms with E-state index in [2.05, 4.69) is 0 Å². The van der Waals surface area contributed by atoms with Crippen LogP contribution in [0.1, 0.15) is 26.2 Å². The van der Waals surface area contributed by atoms with Crippen molar-refractivity contribution in [1.82, 2.24) is 0 Å². The van der Waals surface area contributed by atoms with Gasteiger partial charge in [0.25, 0.3) is 0 Å². The van der Waals surface area contributed by atoms with Crippen LogP contribution in [0.25, 0.3) is 0 Å². The van der Waals surface area contributed by atoms with E-state index in [1.807, 2.05) is 0 Å². The molecule has 0 saturated carbocycles. The van der Waals surface area contributed by atoms with E-state index >= 15 is 0 Å². The SMILES string of the molecule is CCC(=O)C1=C([O-])CC(C(=O)[O-])CC1=O.[Ca+2]. The van der Waals surface area contributed by atoms with Crippen molar-refractivity contribution in [3.63, 3.8) is 0 Å². The third kappa shape index (κ3) is 3.30. The Bertz CT molecular complexity index is 358. The third-order valence-corrected chi connectivity index (χ3v) is 2.35. The molecule has 0 heterocycles. The Balaban J connectivity index is 0.00000225. The van der Waals surface area contributed by atoms with E-state index in [0.717, 1.165) is 0 Å². The van der Waals surface area contributed by atoms with E-state index in [4.69, 9.17) is 0 Å². The summed E-state index contributed by atoms with van der Waals surface area (Å²) >= 11 is 0. The number of carbonyl (C=O) groups excluding carboxylic acids is 3. The summed E-state index contributed by atoms with van der Waals surface area (Å²) in [6.07, 6.45) is -0.549. The van der Waals surface area contributed by atoms with Crippen LogP contribution >= 0.6 is 0 Å². The molecule has 0 N–H and O–H groups in total. The minimum absolute atomic E-state index is 0. The average molecular weight is 250 g/mol. The number of allylic oxidation sites excluding steroid dienone is 2. The van der Waals surface area contributed by atoms with Gasteiger partial charge in [-0.3, -0.25) is 9.59 Å². The van der Waals surface area contributed by atoms with Crippen molar-refractivity contribution in [2.24, 2.45) is 5.92 Å². The van der Waals surface area contributed by atoms with Gasteiger partial charge in [-0.05, 0) is 6.42 Å². The average Bonchev–Trinajstić information content (AvgIpc) is 2.16. The molecule has 1 rings (SSSR count). The fraction of sp³-hybridized carbons (Fsp3) is 0.500. The Kier molecular flexibility index (Phi) is 6.22. The summed E-state index contributed by atoms with van der Waals surface area (Å²) in [5.41, 5.74) is -0.352. The van der Waals surface area contributed by atoms with Gasteiger partial charge in [-0.1, -0.05) is 6.92 Å². The first-order valence-electron chi connectivity index (χ1n) is 4.64. The van der Waals surface area contributed by atoms with E-state index in [0.29, 0.717) is 0 Å². The molecular weight excluding hydrogens is 240 g/mol. The molecule has 0 amide bonds. The summed E-state index contributed by atoms with van der Waals surface area (Å²) in [5, 5.41) is 21.8. The summed E-state index contributed by atoms with van der Waals surface area (Å²) in [5.74, 6) is -4.36. The fourth-order valence-electron chi connectivity index (χ4n) is 1.53. The second kappa shape index (κ2) is 6.37. The quantitative estimate of drug-likeness (QED) is 0.423. The number of hydrogen-bond donors (Lipinski definition) is 0. The predicted molar refractivity (Wildman–Crippen MR) is 50.8 cm³/mol. The number of hydrogen-bond acceptors (Lipinski definition) is 5. The molecule has 0 saturated heterocycles. The van der Waals surface area contributed by atoms with Crippen LogP contribution in [0.15, 0.2) is 11.3 Å². The molecule has 0 aromatic heterocycles. The smallest absolute Gasteiger partial charge is 0.875 e. The Morgan fingerprint density at radius 1 is 1.38 bits per heavy atom. The van der Waals surface area contributed by atoms with Crippen molar-refractivity contribution >= 4 is 55.3 Å². The van der Waals surface area contributed by atoms with Crippen molar-refractivity contribution in [3.05, 3.63) is 11.3 Å². The van der Waals surface area contributed by atoms with E-state index in [1.54, 1.807) is 6.92 Å². The summed E-state index contributed by atoms with van der Waals surface area (Å²) in [6.45, 7) is 1.54. The monoisotopic (exact) mass is 250 g/mol. The molecular formula is C10H10CaO5. The van der Waals surface area contributed by atoms with Gasteiger partial charge in [0.2, 0.25) is 0 Å². The minimum atomic E-state index is -1.42. The summed E-state index contributed by atoms with van der Waals surface area (Å²) in [4.78, 5) is 33.1. The van der Waals surface area contributed by atoms with Crippen molar-refractivity contribution in [2.75, 3.05) is 0 Å². The van der Waals surface area contributed by atoms with Crippen LogP contribution in [-0.4, -0.2) is 55.3 Å². The number of Topliss-reactive ketones (excluding diaryl/α,β-unsaturated/α-hetero) is 2. The first kappa shape index (κ1) is 15.6. The minimum Gasteiger partial charge on any atom is -0.875 e. The van der Waals surface area contributed by atoms with Crippen LogP contribution in [-0.2, 0) is 14.4 Å². The van der Waals surface area contributed by atoms with Crippen LogP contribution in [0.2, 0.25) is 0 Å². The fourth-order valence-corrected chi connectivity index (χ4v) is 1.53. The standard InChI is InChI=1S/C10H12O5.Ca/c1-2-6(11)9-7(12)3-5(10(14)15)4-8(9)13;/h5,12H,2-4H2,1H3,(H,14,15);/q;+2/p-2. The number of rotatable bonds is 3. The molecule has 0 fully saturated rings. The molecule has 5 nitrogen and oxygen atoms in total. The number of carboxylic acids is 1. The number of aliphatic carboxylic acids is 1. The Morgan fingerprint density at radius 2 is 1.94 bits per heavy atom. The second-order valence-electron chi connectivity index (χ2n) is 3.42. The van der Waals surface area contributed by atoms with Crippen molar-refractivity contribution in [3.8, 4) is 0 Å². The summed E-state index contributed by atoms with van der Waals surface area (Å²) in [6, 6.07) is 0. The Morgan fingerprint density at radius 3 is 2.31 bits per heavy atom. The molecule has 16 heavy (non-hydrogen) atoms. The summed E-state index contributed by atoms with van der Waals surface area (Å²) in [7, 11) is 0. The van der Waals surface area contributed by atoms with Gasteiger partial charge >= 0.3 is 37.7 Å². The largest absolute Gasteiger partial charge is 2.00 e. The normalized spacial score (nSPS) is 20.3. The first-order valence-corrected chi connectivity index (χ1v) is 4.64. The van der Waals surface area contributed by atoms with Crippen LogP contribution < -0.4 is 10.2 Å². The topological polar surface area (TPSA) is 97.3 Å². The molecule has 1 aliphatic carbocycles. The molecule has 0 aliphatic heterocycles. The molecule has 0 aromatic carbocycles. The van der Waals surface area contributed by atoms with Gasteiger partial charge in [-0.15, -0.1) is 5.76 Å². The van der Waals surface area contributed by atoms with Gasteiger partial charge < -0.3 is 15.0 Å². The maximum Gasteiger partial charge on any atom is 2.00 e. The van der Waals surface area contributed by atoms with Crippen LogP contribution in [0, 0.1) is 5.92 Å². The van der Waals surface area contributed by atoms with Gasteiger partial charge in [0.15, 0.2) is 11.6 Å². The molecule has 1 unspecified atom stereocenters. The molecule has 6 heteroatoms. The number of carbonyl (C=O) groups is 3. The third-order valence-electron chi connectivity index (χ3n) is 2.35. The summed E-state index contributed by atoms with van der Waals surface area (Å²) < 4.78 is 0. The van der Waals surface area contributed by atoms with Gasteiger partial charge in [-0.25, -0.2) is 0 Å². The van der Waals surface area contributed by atoms with Gasteiger partial charge in [0.05, 0.1) is 0 Å². The van der Waals surface area contributed by atoms with Gasteiger partial charge in [-0.2, -0.15) is 0 Å².